The van der Waals surface area contributed by atoms with Crippen molar-refractivity contribution in [3.8, 4) is 0 Å². The number of benzene rings is 1. The van der Waals surface area contributed by atoms with Gasteiger partial charge in [-0.1, -0.05) is 6.07 Å². The Morgan fingerprint density at radius 2 is 2.05 bits per heavy atom. The second-order valence-electron chi connectivity index (χ2n) is 5.08. The molecule has 3 aromatic rings. The molecule has 0 saturated heterocycles. The van der Waals surface area contributed by atoms with Crippen molar-refractivity contribution in [2.45, 2.75) is 20.4 Å². The van der Waals surface area contributed by atoms with Crippen LogP contribution in [-0.4, -0.2) is 14.5 Å². The highest BCUT2D eigenvalue weighted by molar-refractivity contribution is 5.92. The molecule has 0 atom stereocenters. The molecule has 2 N–H and O–H groups in total. The van der Waals surface area contributed by atoms with Crippen LogP contribution in [0.5, 0.6) is 0 Å². The van der Waals surface area contributed by atoms with Gasteiger partial charge in [-0.05, 0) is 37.6 Å². The summed E-state index contributed by atoms with van der Waals surface area (Å²) in [6, 6.07) is 9.09. The smallest absolute Gasteiger partial charge is 0.254 e. The van der Waals surface area contributed by atoms with Crippen LogP contribution in [-0.2, 0) is 6.54 Å². The Labute approximate surface area is 122 Å². The first-order valence-corrected chi connectivity index (χ1v) is 6.73. The van der Waals surface area contributed by atoms with E-state index in [0.717, 1.165) is 22.2 Å². The monoisotopic (exact) mass is 280 g/mol. The van der Waals surface area contributed by atoms with Crippen LogP contribution in [0.1, 0.15) is 17.1 Å². The Bertz CT molecular complexity index is 883. The van der Waals surface area contributed by atoms with Crippen LogP contribution in [0.4, 0.5) is 5.69 Å². The Balaban J connectivity index is 2.16. The summed E-state index contributed by atoms with van der Waals surface area (Å²) in [4.78, 5) is 20.9. The molecule has 106 valence electrons. The van der Waals surface area contributed by atoms with E-state index in [1.807, 2.05) is 38.1 Å². The standard InChI is InChI=1S/C16H16N4O/c1-10-8-15(21)20(11(2)19-10)9-12-5-6-14(17)13-4-3-7-18-16(12)13/h3-8H,9,17H2,1-2H3. The number of nitrogens with two attached hydrogens (primary N) is 1. The first kappa shape index (κ1) is 13.3. The number of nitrogens with zero attached hydrogens (tertiary/aromatic N) is 3. The van der Waals surface area contributed by atoms with Gasteiger partial charge in [0.2, 0.25) is 0 Å². The SMILES string of the molecule is Cc1cc(=O)n(Cc2ccc(N)c3cccnc23)c(C)n1. The van der Waals surface area contributed by atoms with E-state index in [4.69, 9.17) is 5.73 Å². The van der Waals surface area contributed by atoms with Crippen LogP contribution in [0.25, 0.3) is 10.9 Å². The van der Waals surface area contributed by atoms with Crippen molar-refractivity contribution in [2.75, 3.05) is 5.73 Å². The minimum atomic E-state index is -0.0547. The molecule has 0 radical (unpaired) electrons. The topological polar surface area (TPSA) is 73.8 Å². The number of fused-ring (bicyclic) bond motifs is 1. The van der Waals surface area contributed by atoms with Gasteiger partial charge in [-0.2, -0.15) is 0 Å². The molecule has 0 spiro atoms. The summed E-state index contributed by atoms with van der Waals surface area (Å²) in [5, 5.41) is 0.903. The van der Waals surface area contributed by atoms with E-state index in [-0.39, 0.29) is 5.56 Å². The van der Waals surface area contributed by atoms with Crippen LogP contribution in [0.15, 0.2) is 41.3 Å². The lowest BCUT2D eigenvalue weighted by molar-refractivity contribution is 0.696. The maximum absolute atomic E-state index is 12.1. The molecule has 0 aliphatic carbocycles. The van der Waals surface area contributed by atoms with E-state index in [1.165, 1.54) is 0 Å². The van der Waals surface area contributed by atoms with E-state index < -0.39 is 0 Å². The minimum absolute atomic E-state index is 0.0547. The lowest BCUT2D eigenvalue weighted by Crippen LogP contribution is -2.24. The number of rotatable bonds is 2. The molecule has 1 aromatic carbocycles. The molecule has 5 heteroatoms. The van der Waals surface area contributed by atoms with Gasteiger partial charge in [0.15, 0.2) is 0 Å². The third-order valence-electron chi connectivity index (χ3n) is 3.54. The third-order valence-corrected chi connectivity index (χ3v) is 3.54. The predicted molar refractivity (Wildman–Crippen MR) is 83.2 cm³/mol. The second kappa shape index (κ2) is 5.01. The van der Waals surface area contributed by atoms with E-state index in [9.17, 15) is 4.79 Å². The van der Waals surface area contributed by atoms with E-state index >= 15 is 0 Å². The molecule has 21 heavy (non-hydrogen) atoms. The third kappa shape index (κ3) is 2.38. The molecule has 5 nitrogen and oxygen atoms in total. The summed E-state index contributed by atoms with van der Waals surface area (Å²) < 4.78 is 1.65. The zero-order valence-corrected chi connectivity index (χ0v) is 12.0. The predicted octanol–water partition coefficient (Wildman–Crippen LogP) is 2.04. The van der Waals surface area contributed by atoms with Crippen LogP contribution in [0.3, 0.4) is 0 Å². The molecule has 0 amide bonds. The van der Waals surface area contributed by atoms with Crippen molar-refractivity contribution >= 4 is 16.6 Å². The maximum Gasteiger partial charge on any atom is 0.254 e. The largest absolute Gasteiger partial charge is 0.398 e. The van der Waals surface area contributed by atoms with Crippen molar-refractivity contribution in [2.24, 2.45) is 0 Å². The summed E-state index contributed by atoms with van der Waals surface area (Å²) in [5.41, 5.74) is 9.12. The normalized spacial score (nSPS) is 11.0. The fourth-order valence-corrected chi connectivity index (χ4v) is 2.51. The summed E-state index contributed by atoms with van der Waals surface area (Å²) in [5.74, 6) is 0.695. The number of pyridine rings is 1. The van der Waals surface area contributed by atoms with E-state index in [1.54, 1.807) is 16.8 Å². The molecule has 3 rings (SSSR count). The summed E-state index contributed by atoms with van der Waals surface area (Å²) in [6.45, 7) is 4.09. The van der Waals surface area contributed by atoms with Crippen LogP contribution in [0.2, 0.25) is 0 Å². The van der Waals surface area contributed by atoms with Gasteiger partial charge in [-0.15, -0.1) is 0 Å². The van der Waals surface area contributed by atoms with Gasteiger partial charge >= 0.3 is 0 Å². The minimum Gasteiger partial charge on any atom is -0.398 e. The number of aromatic nitrogens is 3. The highest BCUT2D eigenvalue weighted by Crippen LogP contribution is 2.23. The molecular formula is C16H16N4O. The number of nitrogen functional groups attached to an aromatic ring is 1. The van der Waals surface area contributed by atoms with Gasteiger partial charge < -0.3 is 5.73 Å². The fourth-order valence-electron chi connectivity index (χ4n) is 2.51. The first-order chi connectivity index (χ1) is 10.1. The van der Waals surface area contributed by atoms with Gasteiger partial charge in [0.05, 0.1) is 12.1 Å². The zero-order chi connectivity index (χ0) is 15.0. The fraction of sp³-hybridized carbons (Fsp3) is 0.188. The number of hydrogen-bond acceptors (Lipinski definition) is 4. The molecule has 0 saturated carbocycles. The number of aryl methyl sites for hydroxylation is 2. The summed E-state index contributed by atoms with van der Waals surface area (Å²) >= 11 is 0. The van der Waals surface area contributed by atoms with Crippen molar-refractivity contribution in [3.63, 3.8) is 0 Å². The first-order valence-electron chi connectivity index (χ1n) is 6.73. The van der Waals surface area contributed by atoms with Crippen LogP contribution < -0.4 is 11.3 Å². The number of anilines is 1. The average molecular weight is 280 g/mol. The zero-order valence-electron chi connectivity index (χ0n) is 12.0. The Kier molecular flexibility index (Phi) is 3.17. The molecule has 0 aliphatic heterocycles. The average Bonchev–Trinajstić information content (AvgIpc) is 2.45. The van der Waals surface area contributed by atoms with Crippen molar-refractivity contribution in [1.82, 2.24) is 14.5 Å². The van der Waals surface area contributed by atoms with Crippen LogP contribution in [0, 0.1) is 13.8 Å². The van der Waals surface area contributed by atoms with E-state index in [2.05, 4.69) is 9.97 Å². The molecule has 2 aromatic heterocycles. The van der Waals surface area contributed by atoms with Crippen molar-refractivity contribution in [1.29, 1.82) is 0 Å². The van der Waals surface area contributed by atoms with Gasteiger partial charge in [-0.25, -0.2) is 4.98 Å². The molecule has 0 fully saturated rings. The Morgan fingerprint density at radius 3 is 2.81 bits per heavy atom. The van der Waals surface area contributed by atoms with Gasteiger partial charge in [-0.3, -0.25) is 14.3 Å². The Hall–Kier alpha value is -2.69. The second-order valence-corrected chi connectivity index (χ2v) is 5.08. The van der Waals surface area contributed by atoms with Crippen molar-refractivity contribution in [3.05, 3.63) is 64.0 Å². The van der Waals surface area contributed by atoms with Gasteiger partial charge in [0.1, 0.15) is 5.82 Å². The highest BCUT2D eigenvalue weighted by Gasteiger charge is 2.09. The highest BCUT2D eigenvalue weighted by atomic mass is 16.1. The maximum atomic E-state index is 12.1. The molecular weight excluding hydrogens is 264 g/mol. The molecule has 0 unspecified atom stereocenters. The lowest BCUT2D eigenvalue weighted by atomic mass is 10.1. The molecule has 0 bridgehead atoms. The van der Waals surface area contributed by atoms with Crippen LogP contribution >= 0.6 is 0 Å². The summed E-state index contributed by atoms with van der Waals surface area (Å²) in [6.07, 6.45) is 1.73. The van der Waals surface area contributed by atoms with Crippen molar-refractivity contribution < 1.29 is 0 Å². The Morgan fingerprint density at radius 1 is 1.24 bits per heavy atom. The summed E-state index contributed by atoms with van der Waals surface area (Å²) in [7, 11) is 0. The lowest BCUT2D eigenvalue weighted by Gasteiger charge is -2.12. The van der Waals surface area contributed by atoms with Gasteiger partial charge in [0, 0.05) is 29.0 Å². The number of hydrogen-bond donors (Lipinski definition) is 1. The quantitative estimate of drug-likeness (QED) is 0.729. The molecule has 0 aliphatic rings. The van der Waals surface area contributed by atoms with Gasteiger partial charge in [0.25, 0.3) is 5.56 Å². The van der Waals surface area contributed by atoms with E-state index in [0.29, 0.717) is 18.1 Å². The molecule has 2 heterocycles.